The molecule has 0 heterocycles. The first-order valence-electron chi connectivity index (χ1n) is 6.82. The summed E-state index contributed by atoms with van der Waals surface area (Å²) >= 11 is 0. The summed E-state index contributed by atoms with van der Waals surface area (Å²) < 4.78 is 12.9. The number of carbonyl (C=O) groups excluding carboxylic acids is 1. The normalized spacial score (nSPS) is 15.7. The van der Waals surface area contributed by atoms with Crippen molar-refractivity contribution in [3.05, 3.63) is 30.1 Å². The van der Waals surface area contributed by atoms with Crippen molar-refractivity contribution in [3.8, 4) is 0 Å². The summed E-state index contributed by atoms with van der Waals surface area (Å²) in [7, 11) is 0. The zero-order valence-corrected chi connectivity index (χ0v) is 11.4. The van der Waals surface area contributed by atoms with Gasteiger partial charge in [0.15, 0.2) is 0 Å². The Morgan fingerprint density at radius 1 is 1.35 bits per heavy atom. The molecule has 0 aliphatic heterocycles. The maximum atomic E-state index is 12.9. The minimum absolute atomic E-state index is 0.354. The smallest absolute Gasteiger partial charge is 0.316 e. The van der Waals surface area contributed by atoms with Crippen molar-refractivity contribution in [2.45, 2.75) is 26.2 Å². The third kappa shape index (κ3) is 3.35. The molecule has 1 atom stereocenters. The fraction of sp³-hybridized carbons (Fsp3) is 0.467. The van der Waals surface area contributed by atoms with Crippen LogP contribution in [0.25, 0.3) is 0 Å². The van der Waals surface area contributed by atoms with Gasteiger partial charge in [0.05, 0.1) is 0 Å². The van der Waals surface area contributed by atoms with Crippen LogP contribution < -0.4 is 4.90 Å². The second-order valence-corrected chi connectivity index (χ2v) is 5.13. The number of carboxylic acids is 1. The highest BCUT2D eigenvalue weighted by molar-refractivity contribution is 6.05. The lowest BCUT2D eigenvalue weighted by atomic mass is 10.0. The molecule has 5 heteroatoms. The highest BCUT2D eigenvalue weighted by Crippen LogP contribution is 2.36. The van der Waals surface area contributed by atoms with Gasteiger partial charge in [0.25, 0.3) is 0 Å². The Labute approximate surface area is 117 Å². The van der Waals surface area contributed by atoms with Crippen LogP contribution in [-0.2, 0) is 9.59 Å². The standard InChI is InChI=1S/C15H18FNO3/c1-2-17(12-7-5-11(16)6-8-12)14(18)13(15(19)20)9-10-3-4-10/h5-8,10,13H,2-4,9H2,1H3,(H,19,20). The van der Waals surface area contributed by atoms with Gasteiger partial charge >= 0.3 is 5.97 Å². The third-order valence-electron chi connectivity index (χ3n) is 3.58. The van der Waals surface area contributed by atoms with Crippen molar-refractivity contribution in [3.63, 3.8) is 0 Å². The lowest BCUT2D eigenvalue weighted by molar-refractivity contribution is -0.146. The molecule has 0 bridgehead atoms. The molecule has 0 aromatic heterocycles. The van der Waals surface area contributed by atoms with Crippen LogP contribution in [0.5, 0.6) is 0 Å². The van der Waals surface area contributed by atoms with E-state index in [2.05, 4.69) is 0 Å². The first kappa shape index (κ1) is 14.5. The van der Waals surface area contributed by atoms with E-state index in [9.17, 15) is 19.1 Å². The molecular weight excluding hydrogens is 261 g/mol. The number of hydrogen-bond donors (Lipinski definition) is 1. The van der Waals surface area contributed by atoms with Gasteiger partial charge in [-0.3, -0.25) is 9.59 Å². The van der Waals surface area contributed by atoms with Gasteiger partial charge in [-0.2, -0.15) is 0 Å². The summed E-state index contributed by atoms with van der Waals surface area (Å²) in [5.74, 6) is -2.54. The molecule has 2 rings (SSSR count). The van der Waals surface area contributed by atoms with Crippen molar-refractivity contribution in [2.24, 2.45) is 11.8 Å². The summed E-state index contributed by atoms with van der Waals surface area (Å²) in [5, 5.41) is 9.25. The van der Waals surface area contributed by atoms with E-state index >= 15 is 0 Å². The molecule has 1 aromatic rings. The van der Waals surface area contributed by atoms with Crippen molar-refractivity contribution in [2.75, 3.05) is 11.4 Å². The zero-order valence-electron chi connectivity index (χ0n) is 11.4. The average molecular weight is 279 g/mol. The average Bonchev–Trinajstić information content (AvgIpc) is 3.22. The van der Waals surface area contributed by atoms with E-state index < -0.39 is 17.8 Å². The molecule has 4 nitrogen and oxygen atoms in total. The second-order valence-electron chi connectivity index (χ2n) is 5.13. The van der Waals surface area contributed by atoms with E-state index in [1.165, 1.54) is 29.2 Å². The molecule has 0 saturated heterocycles. The number of anilines is 1. The fourth-order valence-electron chi connectivity index (χ4n) is 2.27. The van der Waals surface area contributed by atoms with E-state index in [1.54, 1.807) is 6.92 Å². The van der Waals surface area contributed by atoms with Crippen LogP contribution in [-0.4, -0.2) is 23.5 Å². The molecule has 1 aliphatic rings. The number of nitrogens with zero attached hydrogens (tertiary/aromatic N) is 1. The van der Waals surface area contributed by atoms with Crippen LogP contribution in [0.2, 0.25) is 0 Å². The van der Waals surface area contributed by atoms with Crippen LogP contribution in [0.3, 0.4) is 0 Å². The molecule has 1 unspecified atom stereocenters. The third-order valence-corrected chi connectivity index (χ3v) is 3.58. The van der Waals surface area contributed by atoms with Crippen molar-refractivity contribution >= 4 is 17.6 Å². The van der Waals surface area contributed by atoms with Crippen molar-refractivity contribution in [1.29, 1.82) is 0 Å². The SMILES string of the molecule is CCN(C(=O)C(CC1CC1)C(=O)O)c1ccc(F)cc1. The van der Waals surface area contributed by atoms with Gasteiger partial charge in [0.2, 0.25) is 5.91 Å². The zero-order chi connectivity index (χ0) is 14.7. The molecular formula is C15H18FNO3. The summed E-state index contributed by atoms with van der Waals surface area (Å²) in [6.45, 7) is 2.14. The van der Waals surface area contributed by atoms with Gasteiger partial charge in [-0.05, 0) is 43.5 Å². The molecule has 0 spiro atoms. The van der Waals surface area contributed by atoms with E-state index in [1.807, 2.05) is 0 Å². The molecule has 1 aromatic carbocycles. The van der Waals surface area contributed by atoms with Gasteiger partial charge in [-0.1, -0.05) is 12.8 Å². The van der Waals surface area contributed by atoms with E-state index in [4.69, 9.17) is 0 Å². The first-order valence-corrected chi connectivity index (χ1v) is 6.82. The van der Waals surface area contributed by atoms with Gasteiger partial charge in [0.1, 0.15) is 11.7 Å². The molecule has 1 amide bonds. The topological polar surface area (TPSA) is 57.6 Å². The number of carbonyl (C=O) groups is 2. The van der Waals surface area contributed by atoms with Crippen LogP contribution >= 0.6 is 0 Å². The van der Waals surface area contributed by atoms with Crippen molar-refractivity contribution < 1.29 is 19.1 Å². The molecule has 20 heavy (non-hydrogen) atoms. The number of rotatable bonds is 6. The molecule has 0 radical (unpaired) electrons. The maximum Gasteiger partial charge on any atom is 0.316 e. The summed E-state index contributed by atoms with van der Waals surface area (Å²) in [5.41, 5.74) is 0.529. The summed E-state index contributed by atoms with van der Waals surface area (Å²) in [6, 6.07) is 5.52. The minimum Gasteiger partial charge on any atom is -0.481 e. The summed E-state index contributed by atoms with van der Waals surface area (Å²) in [6.07, 6.45) is 2.39. The molecule has 108 valence electrons. The fourth-order valence-corrected chi connectivity index (χ4v) is 2.27. The summed E-state index contributed by atoms with van der Waals surface area (Å²) in [4.78, 5) is 25.1. The quantitative estimate of drug-likeness (QED) is 0.814. The largest absolute Gasteiger partial charge is 0.481 e. The van der Waals surface area contributed by atoms with Gasteiger partial charge in [-0.25, -0.2) is 4.39 Å². The Kier molecular flexibility index (Phi) is 4.37. The predicted octanol–water partition coefficient (Wildman–Crippen LogP) is 2.68. The Morgan fingerprint density at radius 2 is 1.95 bits per heavy atom. The maximum absolute atomic E-state index is 12.9. The van der Waals surface area contributed by atoms with E-state index in [0.29, 0.717) is 24.6 Å². The molecule has 1 saturated carbocycles. The Balaban J connectivity index is 2.17. The van der Waals surface area contributed by atoms with Crippen LogP contribution in [0.1, 0.15) is 26.2 Å². The lowest BCUT2D eigenvalue weighted by Crippen LogP contribution is -2.39. The molecule has 1 aliphatic carbocycles. The van der Waals surface area contributed by atoms with Gasteiger partial charge in [-0.15, -0.1) is 0 Å². The lowest BCUT2D eigenvalue weighted by Gasteiger charge is -2.24. The number of carboxylic acid groups (broad SMARTS) is 1. The number of hydrogen-bond acceptors (Lipinski definition) is 2. The van der Waals surface area contributed by atoms with Crippen LogP contribution in [0, 0.1) is 17.7 Å². The monoisotopic (exact) mass is 279 g/mol. The Morgan fingerprint density at radius 3 is 2.40 bits per heavy atom. The Hall–Kier alpha value is -1.91. The van der Waals surface area contributed by atoms with E-state index in [-0.39, 0.29) is 5.82 Å². The predicted molar refractivity (Wildman–Crippen MR) is 72.9 cm³/mol. The number of halogens is 1. The van der Waals surface area contributed by atoms with Crippen LogP contribution in [0.4, 0.5) is 10.1 Å². The minimum atomic E-state index is -1.08. The van der Waals surface area contributed by atoms with Crippen molar-refractivity contribution in [1.82, 2.24) is 0 Å². The molecule has 1 N–H and O–H groups in total. The van der Waals surface area contributed by atoms with Gasteiger partial charge < -0.3 is 10.0 Å². The second kappa shape index (κ2) is 6.03. The first-order chi connectivity index (χ1) is 9.52. The number of aliphatic carboxylic acids is 1. The highest BCUT2D eigenvalue weighted by atomic mass is 19.1. The van der Waals surface area contributed by atoms with E-state index in [0.717, 1.165) is 12.8 Å². The molecule has 1 fully saturated rings. The number of amides is 1. The van der Waals surface area contributed by atoms with Gasteiger partial charge in [0, 0.05) is 12.2 Å². The highest BCUT2D eigenvalue weighted by Gasteiger charge is 2.36. The Bertz CT molecular complexity index is 496. The van der Waals surface area contributed by atoms with Crippen LogP contribution in [0.15, 0.2) is 24.3 Å². The number of benzene rings is 1.